The Hall–Kier alpha value is -2.13. The first-order valence-corrected chi connectivity index (χ1v) is 12.4. The van der Waals surface area contributed by atoms with E-state index in [0.717, 1.165) is 10.6 Å². The summed E-state index contributed by atoms with van der Waals surface area (Å²) in [6, 6.07) is 7.55. The topological polar surface area (TPSA) is 82.4 Å². The molecule has 162 valence electrons. The van der Waals surface area contributed by atoms with Crippen LogP contribution in [0.15, 0.2) is 35.2 Å². The van der Waals surface area contributed by atoms with Gasteiger partial charge in [-0.15, -0.1) is 11.8 Å². The van der Waals surface area contributed by atoms with Gasteiger partial charge in [-0.25, -0.2) is 12.8 Å². The van der Waals surface area contributed by atoms with E-state index in [2.05, 4.69) is 0 Å². The van der Waals surface area contributed by atoms with Crippen LogP contribution in [0, 0.1) is 19.7 Å². The second-order valence-electron chi connectivity index (χ2n) is 7.35. The van der Waals surface area contributed by atoms with Crippen LogP contribution < -0.4 is 0 Å². The highest BCUT2D eigenvalue weighted by atomic mass is 32.2. The summed E-state index contributed by atoms with van der Waals surface area (Å²) in [5.41, 5.74) is 1.97. The Morgan fingerprint density at radius 3 is 2.57 bits per heavy atom. The molecule has 0 amide bonds. The molecule has 1 saturated heterocycles. The number of benzene rings is 1. The molecule has 9 heteroatoms. The van der Waals surface area contributed by atoms with Crippen molar-refractivity contribution in [2.24, 2.45) is 0 Å². The van der Waals surface area contributed by atoms with Crippen molar-refractivity contribution in [3.63, 3.8) is 0 Å². The normalized spacial score (nSPS) is 17.8. The minimum absolute atomic E-state index is 0.0811. The summed E-state index contributed by atoms with van der Waals surface area (Å²) in [5.74, 6) is -0.401. The van der Waals surface area contributed by atoms with Gasteiger partial charge in [-0.1, -0.05) is 0 Å². The molecule has 1 fully saturated rings. The summed E-state index contributed by atoms with van der Waals surface area (Å²) in [5, 5.41) is 0. The maximum atomic E-state index is 12.9. The third-order valence-corrected chi connectivity index (χ3v) is 7.88. The Morgan fingerprint density at radius 2 is 1.93 bits per heavy atom. The smallest absolute Gasteiger partial charge is 0.307 e. The zero-order valence-corrected chi connectivity index (χ0v) is 18.5. The average molecular weight is 454 g/mol. The number of hydrogen-bond acceptors (Lipinski definition) is 6. The van der Waals surface area contributed by atoms with Crippen LogP contribution in [0.2, 0.25) is 0 Å². The van der Waals surface area contributed by atoms with E-state index in [-0.39, 0.29) is 42.2 Å². The number of aromatic nitrogens is 1. The quantitative estimate of drug-likeness (QED) is 0.346. The highest BCUT2D eigenvalue weighted by Gasteiger charge is 2.31. The van der Waals surface area contributed by atoms with Crippen LogP contribution in [-0.4, -0.2) is 48.6 Å². The van der Waals surface area contributed by atoms with Crippen molar-refractivity contribution in [1.29, 1.82) is 0 Å². The molecule has 0 N–H and O–H groups in total. The van der Waals surface area contributed by atoms with Gasteiger partial charge < -0.3 is 9.30 Å². The number of halogens is 1. The summed E-state index contributed by atoms with van der Waals surface area (Å²) < 4.78 is 43.5. The summed E-state index contributed by atoms with van der Waals surface area (Å²) >= 11 is 1.40. The lowest BCUT2D eigenvalue weighted by atomic mass is 10.1. The van der Waals surface area contributed by atoms with Crippen molar-refractivity contribution in [1.82, 2.24) is 4.57 Å². The van der Waals surface area contributed by atoms with Crippen LogP contribution >= 0.6 is 11.8 Å². The SMILES string of the molecule is Cc1cc(C(=O)COC(=O)CCSc2ccc(F)cc2)c(C)n1C1CCS(=O)(=O)C1. The Kier molecular flexibility index (Phi) is 7.02. The fourth-order valence-electron chi connectivity index (χ4n) is 3.68. The van der Waals surface area contributed by atoms with Crippen molar-refractivity contribution in [2.75, 3.05) is 23.9 Å². The number of Topliss-reactive ketones (excluding diaryl/α,β-unsaturated/α-hetero) is 1. The lowest BCUT2D eigenvalue weighted by Gasteiger charge is -2.16. The standard InChI is InChI=1S/C21H24FNO5S2/c1-14-11-19(15(2)23(14)17-8-10-30(26,27)13-17)20(24)12-28-21(25)7-9-29-18-5-3-16(22)4-6-18/h3-6,11,17H,7-10,12-13H2,1-2H3. The predicted octanol–water partition coefficient (Wildman–Crippen LogP) is 3.51. The molecule has 1 atom stereocenters. The molecular weight excluding hydrogens is 429 g/mol. The second-order valence-corrected chi connectivity index (χ2v) is 10.7. The molecule has 1 aliphatic heterocycles. The largest absolute Gasteiger partial charge is 0.457 e. The molecule has 30 heavy (non-hydrogen) atoms. The number of carbonyl (C=O) groups is 2. The molecule has 0 bridgehead atoms. The first-order chi connectivity index (χ1) is 14.2. The zero-order chi connectivity index (χ0) is 21.9. The van der Waals surface area contributed by atoms with E-state index in [9.17, 15) is 22.4 Å². The van der Waals surface area contributed by atoms with Crippen molar-refractivity contribution < 1.29 is 27.1 Å². The number of ether oxygens (including phenoxy) is 1. The number of nitrogens with zero attached hydrogens (tertiary/aromatic N) is 1. The molecule has 3 rings (SSSR count). The summed E-state index contributed by atoms with van der Waals surface area (Å²) in [6.07, 6.45) is 0.668. The number of hydrogen-bond donors (Lipinski definition) is 0. The van der Waals surface area contributed by atoms with Gasteiger partial charge in [0.05, 0.1) is 17.9 Å². The zero-order valence-electron chi connectivity index (χ0n) is 16.9. The first kappa shape index (κ1) is 22.6. The van der Waals surface area contributed by atoms with Gasteiger partial charge >= 0.3 is 5.97 Å². The van der Waals surface area contributed by atoms with Gasteiger partial charge in [-0.3, -0.25) is 9.59 Å². The van der Waals surface area contributed by atoms with Crippen molar-refractivity contribution in [2.45, 2.75) is 37.6 Å². The Balaban J connectivity index is 1.51. The molecule has 1 aliphatic rings. The Labute approximate surface area is 179 Å². The number of esters is 1. The van der Waals surface area contributed by atoms with E-state index in [1.807, 2.05) is 11.5 Å². The van der Waals surface area contributed by atoms with Crippen LogP contribution in [0.3, 0.4) is 0 Å². The fourth-order valence-corrected chi connectivity index (χ4v) is 6.21. The molecule has 2 aromatic rings. The highest BCUT2D eigenvalue weighted by Crippen LogP contribution is 2.29. The van der Waals surface area contributed by atoms with Gasteiger partial charge in [-0.05, 0) is 50.6 Å². The van der Waals surface area contributed by atoms with E-state index in [4.69, 9.17) is 4.74 Å². The van der Waals surface area contributed by atoms with Gasteiger partial charge in [0.1, 0.15) is 5.82 Å². The number of sulfone groups is 1. The van der Waals surface area contributed by atoms with Crippen molar-refractivity contribution in [3.8, 4) is 0 Å². The van der Waals surface area contributed by atoms with Crippen LogP contribution in [0.1, 0.15) is 40.6 Å². The van der Waals surface area contributed by atoms with Crippen LogP contribution in [0.5, 0.6) is 0 Å². The van der Waals surface area contributed by atoms with Gasteiger partial charge in [0.25, 0.3) is 0 Å². The van der Waals surface area contributed by atoms with E-state index in [0.29, 0.717) is 23.4 Å². The number of thioether (sulfide) groups is 1. The van der Waals surface area contributed by atoms with E-state index in [1.54, 1.807) is 25.1 Å². The third kappa shape index (κ3) is 5.51. The number of aryl methyl sites for hydroxylation is 1. The summed E-state index contributed by atoms with van der Waals surface area (Å²) in [7, 11) is -3.04. The monoisotopic (exact) mass is 453 g/mol. The Morgan fingerprint density at radius 1 is 1.23 bits per heavy atom. The minimum atomic E-state index is -3.04. The average Bonchev–Trinajstić information content (AvgIpc) is 3.19. The van der Waals surface area contributed by atoms with Crippen molar-refractivity contribution >= 4 is 33.4 Å². The number of carbonyl (C=O) groups excluding carboxylic acids is 2. The number of rotatable bonds is 8. The molecule has 1 aromatic heterocycles. The predicted molar refractivity (Wildman–Crippen MR) is 113 cm³/mol. The molecule has 0 saturated carbocycles. The van der Waals surface area contributed by atoms with E-state index >= 15 is 0 Å². The molecule has 0 spiro atoms. The maximum Gasteiger partial charge on any atom is 0.307 e. The van der Waals surface area contributed by atoms with E-state index < -0.39 is 15.8 Å². The molecule has 1 unspecified atom stereocenters. The van der Waals surface area contributed by atoms with E-state index in [1.165, 1.54) is 23.9 Å². The van der Waals surface area contributed by atoms with Gasteiger partial charge in [0.15, 0.2) is 16.4 Å². The first-order valence-electron chi connectivity index (χ1n) is 9.62. The third-order valence-electron chi connectivity index (χ3n) is 5.11. The molecule has 2 heterocycles. The molecule has 1 aromatic carbocycles. The minimum Gasteiger partial charge on any atom is -0.457 e. The summed E-state index contributed by atoms with van der Waals surface area (Å²) in [4.78, 5) is 25.3. The molecule has 0 aliphatic carbocycles. The van der Waals surface area contributed by atoms with Gasteiger partial charge in [0, 0.05) is 33.6 Å². The molecule has 6 nitrogen and oxygen atoms in total. The summed E-state index contributed by atoms with van der Waals surface area (Å²) in [6.45, 7) is 3.27. The molecule has 0 radical (unpaired) electrons. The van der Waals surface area contributed by atoms with Gasteiger partial charge in [0.2, 0.25) is 5.78 Å². The lowest BCUT2D eigenvalue weighted by molar-refractivity contribution is -0.141. The highest BCUT2D eigenvalue weighted by molar-refractivity contribution is 7.99. The van der Waals surface area contributed by atoms with Crippen LogP contribution in [0.4, 0.5) is 4.39 Å². The van der Waals surface area contributed by atoms with Crippen LogP contribution in [-0.2, 0) is 19.4 Å². The van der Waals surface area contributed by atoms with Crippen LogP contribution in [0.25, 0.3) is 0 Å². The maximum absolute atomic E-state index is 12.9. The Bertz CT molecular complexity index is 1040. The van der Waals surface area contributed by atoms with Gasteiger partial charge in [-0.2, -0.15) is 0 Å². The second kappa shape index (κ2) is 9.34. The number of ketones is 1. The fraction of sp³-hybridized carbons (Fsp3) is 0.429. The molecular formula is C21H24FNO5S2. The lowest BCUT2D eigenvalue weighted by Crippen LogP contribution is -2.17. The van der Waals surface area contributed by atoms with Crippen molar-refractivity contribution in [3.05, 3.63) is 53.1 Å².